The van der Waals surface area contributed by atoms with E-state index in [0.717, 1.165) is 0 Å². The number of amides is 1. The maximum Gasteiger partial charge on any atom is 0.267 e. The summed E-state index contributed by atoms with van der Waals surface area (Å²) in [6.45, 7) is 5.38. The SMILES string of the molecule is CCN(CC)c1nc(C(N)=O)cc(-c2cc(Cl)ccc2Cl)n1. The molecule has 0 aliphatic heterocycles. The number of aromatic nitrogens is 2. The Morgan fingerprint density at radius 1 is 1.18 bits per heavy atom. The Morgan fingerprint density at radius 3 is 2.45 bits per heavy atom. The van der Waals surface area contributed by atoms with Crippen LogP contribution < -0.4 is 10.6 Å². The number of carbonyl (C=O) groups is 1. The Hall–Kier alpha value is -1.85. The van der Waals surface area contributed by atoms with Crippen molar-refractivity contribution in [2.24, 2.45) is 5.73 Å². The van der Waals surface area contributed by atoms with Gasteiger partial charge in [-0.2, -0.15) is 0 Å². The Morgan fingerprint density at radius 2 is 1.86 bits per heavy atom. The molecule has 116 valence electrons. The summed E-state index contributed by atoms with van der Waals surface area (Å²) in [5, 5.41) is 1.02. The zero-order valence-electron chi connectivity index (χ0n) is 12.3. The van der Waals surface area contributed by atoms with Gasteiger partial charge in [-0.3, -0.25) is 4.79 Å². The summed E-state index contributed by atoms with van der Waals surface area (Å²) in [4.78, 5) is 22.2. The molecule has 0 bridgehead atoms. The predicted octanol–water partition coefficient (Wildman–Crippen LogP) is 3.40. The predicted molar refractivity (Wildman–Crippen MR) is 89.6 cm³/mol. The fourth-order valence-electron chi connectivity index (χ4n) is 2.04. The number of rotatable bonds is 5. The molecule has 5 nitrogen and oxygen atoms in total. The number of halogens is 2. The van der Waals surface area contributed by atoms with Crippen LogP contribution in [0.25, 0.3) is 11.3 Å². The second-order valence-electron chi connectivity index (χ2n) is 4.60. The molecule has 2 rings (SSSR count). The number of hydrogen-bond donors (Lipinski definition) is 1. The van der Waals surface area contributed by atoms with Gasteiger partial charge in [0, 0.05) is 23.7 Å². The van der Waals surface area contributed by atoms with Crippen molar-refractivity contribution in [2.75, 3.05) is 18.0 Å². The lowest BCUT2D eigenvalue weighted by molar-refractivity contribution is 0.0995. The highest BCUT2D eigenvalue weighted by atomic mass is 35.5. The normalized spacial score (nSPS) is 10.5. The molecule has 1 amide bonds. The van der Waals surface area contributed by atoms with E-state index in [-0.39, 0.29) is 5.69 Å². The van der Waals surface area contributed by atoms with Gasteiger partial charge in [0.1, 0.15) is 5.69 Å². The molecule has 1 aromatic carbocycles. The number of hydrogen-bond acceptors (Lipinski definition) is 4. The van der Waals surface area contributed by atoms with E-state index in [9.17, 15) is 4.79 Å². The Balaban J connectivity index is 2.64. The number of nitrogens with zero attached hydrogens (tertiary/aromatic N) is 3. The first-order chi connectivity index (χ1) is 10.5. The van der Waals surface area contributed by atoms with Crippen LogP contribution in [0.15, 0.2) is 24.3 Å². The van der Waals surface area contributed by atoms with Crippen LogP contribution in [-0.2, 0) is 0 Å². The summed E-state index contributed by atoms with van der Waals surface area (Å²) < 4.78 is 0. The average Bonchev–Trinajstić information content (AvgIpc) is 2.50. The molecule has 1 aromatic heterocycles. The van der Waals surface area contributed by atoms with Crippen LogP contribution in [0.3, 0.4) is 0 Å². The van der Waals surface area contributed by atoms with Crippen molar-refractivity contribution in [2.45, 2.75) is 13.8 Å². The average molecular weight is 339 g/mol. The molecule has 0 saturated heterocycles. The highest BCUT2D eigenvalue weighted by Crippen LogP contribution is 2.30. The molecule has 0 unspecified atom stereocenters. The molecular formula is C15H16Cl2N4O. The topological polar surface area (TPSA) is 72.1 Å². The Bertz CT molecular complexity index is 702. The molecule has 0 aliphatic rings. The molecular weight excluding hydrogens is 323 g/mol. The fraction of sp³-hybridized carbons (Fsp3) is 0.267. The molecule has 0 saturated carbocycles. The van der Waals surface area contributed by atoms with Crippen LogP contribution in [0.1, 0.15) is 24.3 Å². The van der Waals surface area contributed by atoms with Crippen molar-refractivity contribution in [3.8, 4) is 11.3 Å². The van der Waals surface area contributed by atoms with E-state index in [2.05, 4.69) is 9.97 Å². The molecule has 2 N–H and O–H groups in total. The van der Waals surface area contributed by atoms with Crippen LogP contribution in [-0.4, -0.2) is 29.0 Å². The van der Waals surface area contributed by atoms with E-state index in [1.807, 2.05) is 18.7 Å². The summed E-state index contributed by atoms with van der Waals surface area (Å²) in [6, 6.07) is 6.59. The minimum Gasteiger partial charge on any atom is -0.364 e. The first-order valence-electron chi connectivity index (χ1n) is 6.85. The smallest absolute Gasteiger partial charge is 0.267 e. The van der Waals surface area contributed by atoms with Crippen molar-refractivity contribution in [1.82, 2.24) is 9.97 Å². The van der Waals surface area contributed by atoms with E-state index < -0.39 is 5.91 Å². The number of carbonyl (C=O) groups excluding carboxylic acids is 1. The van der Waals surface area contributed by atoms with Gasteiger partial charge in [-0.25, -0.2) is 9.97 Å². The molecule has 0 aliphatic carbocycles. The molecule has 0 atom stereocenters. The van der Waals surface area contributed by atoms with Gasteiger partial charge >= 0.3 is 0 Å². The maximum atomic E-state index is 11.5. The second-order valence-corrected chi connectivity index (χ2v) is 5.44. The van der Waals surface area contributed by atoms with Gasteiger partial charge in [-0.1, -0.05) is 23.2 Å². The number of primary amides is 1. The summed E-state index contributed by atoms with van der Waals surface area (Å²) in [5.74, 6) is -0.178. The number of nitrogens with two attached hydrogens (primary N) is 1. The molecule has 0 spiro atoms. The Kier molecular flexibility index (Phi) is 5.21. The van der Waals surface area contributed by atoms with Gasteiger partial charge in [0.2, 0.25) is 5.95 Å². The van der Waals surface area contributed by atoms with Crippen LogP contribution in [0.4, 0.5) is 5.95 Å². The number of anilines is 1. The van der Waals surface area contributed by atoms with Crippen LogP contribution in [0, 0.1) is 0 Å². The van der Waals surface area contributed by atoms with Gasteiger partial charge < -0.3 is 10.6 Å². The Labute approximate surface area is 139 Å². The zero-order valence-corrected chi connectivity index (χ0v) is 13.8. The van der Waals surface area contributed by atoms with Crippen molar-refractivity contribution >= 4 is 35.1 Å². The van der Waals surface area contributed by atoms with Crippen LogP contribution >= 0.6 is 23.2 Å². The van der Waals surface area contributed by atoms with Gasteiger partial charge in [0.05, 0.1) is 10.7 Å². The van der Waals surface area contributed by atoms with E-state index in [4.69, 9.17) is 28.9 Å². The molecule has 2 aromatic rings. The number of benzene rings is 1. The molecule has 0 fully saturated rings. The molecule has 1 heterocycles. The largest absolute Gasteiger partial charge is 0.364 e. The molecule has 0 radical (unpaired) electrons. The lowest BCUT2D eigenvalue weighted by atomic mass is 10.1. The van der Waals surface area contributed by atoms with Crippen LogP contribution in [0.2, 0.25) is 10.0 Å². The summed E-state index contributed by atoms with van der Waals surface area (Å²) in [5.41, 5.74) is 6.66. The first-order valence-corrected chi connectivity index (χ1v) is 7.61. The summed E-state index contributed by atoms with van der Waals surface area (Å²) in [7, 11) is 0. The lowest BCUT2D eigenvalue weighted by Gasteiger charge is -2.19. The van der Waals surface area contributed by atoms with Crippen LogP contribution in [0.5, 0.6) is 0 Å². The van der Waals surface area contributed by atoms with Gasteiger partial charge in [0.25, 0.3) is 5.91 Å². The van der Waals surface area contributed by atoms with Crippen molar-refractivity contribution in [3.05, 3.63) is 40.0 Å². The zero-order chi connectivity index (χ0) is 16.3. The van der Waals surface area contributed by atoms with E-state index in [0.29, 0.717) is 40.3 Å². The highest BCUT2D eigenvalue weighted by Gasteiger charge is 2.15. The van der Waals surface area contributed by atoms with E-state index in [1.165, 1.54) is 6.07 Å². The third-order valence-electron chi connectivity index (χ3n) is 3.22. The summed E-state index contributed by atoms with van der Waals surface area (Å²) in [6.07, 6.45) is 0. The maximum absolute atomic E-state index is 11.5. The standard InChI is InChI=1S/C15H16Cl2N4O/c1-3-21(4-2)15-19-12(8-13(20-15)14(18)22)10-7-9(16)5-6-11(10)17/h5-8H,3-4H2,1-2H3,(H2,18,22). The van der Waals surface area contributed by atoms with Crippen molar-refractivity contribution in [1.29, 1.82) is 0 Å². The molecule has 7 heteroatoms. The van der Waals surface area contributed by atoms with Gasteiger partial charge in [0.15, 0.2) is 0 Å². The summed E-state index contributed by atoms with van der Waals surface area (Å²) >= 11 is 12.2. The third kappa shape index (κ3) is 3.48. The monoisotopic (exact) mass is 338 g/mol. The third-order valence-corrected chi connectivity index (χ3v) is 3.78. The second kappa shape index (κ2) is 6.94. The van der Waals surface area contributed by atoms with Gasteiger partial charge in [-0.15, -0.1) is 0 Å². The van der Waals surface area contributed by atoms with Gasteiger partial charge in [-0.05, 0) is 38.1 Å². The van der Waals surface area contributed by atoms with E-state index in [1.54, 1.807) is 18.2 Å². The van der Waals surface area contributed by atoms with E-state index >= 15 is 0 Å². The highest BCUT2D eigenvalue weighted by molar-refractivity contribution is 6.35. The van der Waals surface area contributed by atoms with Crippen molar-refractivity contribution < 1.29 is 4.79 Å². The molecule has 22 heavy (non-hydrogen) atoms. The van der Waals surface area contributed by atoms with Crippen molar-refractivity contribution in [3.63, 3.8) is 0 Å². The minimum absolute atomic E-state index is 0.142. The lowest BCUT2D eigenvalue weighted by Crippen LogP contribution is -2.26. The quantitative estimate of drug-likeness (QED) is 0.906. The first kappa shape index (κ1) is 16.5. The fourth-order valence-corrected chi connectivity index (χ4v) is 2.43. The minimum atomic E-state index is -0.616.